The van der Waals surface area contributed by atoms with E-state index >= 15 is 0 Å². The van der Waals surface area contributed by atoms with Gasteiger partial charge in [0.1, 0.15) is 30.3 Å². The molecule has 2 saturated heterocycles. The van der Waals surface area contributed by atoms with Gasteiger partial charge in [-0.2, -0.15) is 0 Å². The van der Waals surface area contributed by atoms with Crippen molar-refractivity contribution in [1.82, 2.24) is 26.2 Å². The Bertz CT molecular complexity index is 1040. The Labute approximate surface area is 220 Å². The standard InChI is InChI=1S/C25H35N5O8/c1-3-14-22(35)29-17(12-31)23(36)28-16(13-8-6-5-7-9-13)10-19(33)26-15(4-2)25(38)30-11-18(32)21(34)20(30)24(37)27-14/h5-9,14-18,20-21,31-32,34H,3-4,10-12H2,1-2H3,(H,26,33)(H,27,37)(H,28,36)(H,29,35)/t14-,15-,16+,17-,18-,20-,21-/m0/s1. The second kappa shape index (κ2) is 12.8. The molecule has 2 heterocycles. The molecule has 2 fully saturated rings. The first kappa shape index (κ1) is 29.0. The average molecular weight is 534 g/mol. The summed E-state index contributed by atoms with van der Waals surface area (Å²) in [6.45, 7) is 2.17. The molecule has 0 spiro atoms. The number of benzene rings is 1. The van der Waals surface area contributed by atoms with E-state index in [-0.39, 0.29) is 25.8 Å². The van der Waals surface area contributed by atoms with Crippen LogP contribution < -0.4 is 21.3 Å². The maximum absolute atomic E-state index is 13.4. The van der Waals surface area contributed by atoms with Gasteiger partial charge in [-0.3, -0.25) is 24.0 Å². The van der Waals surface area contributed by atoms with Crippen LogP contribution in [-0.4, -0.2) is 99.3 Å². The fourth-order valence-corrected chi connectivity index (χ4v) is 4.61. The van der Waals surface area contributed by atoms with Crippen molar-refractivity contribution in [1.29, 1.82) is 0 Å². The number of amides is 5. The smallest absolute Gasteiger partial charge is 0.246 e. The fraction of sp³-hybridized carbons (Fsp3) is 0.560. The van der Waals surface area contributed by atoms with Gasteiger partial charge in [0.15, 0.2) is 0 Å². The van der Waals surface area contributed by atoms with Crippen molar-refractivity contribution in [2.24, 2.45) is 0 Å². The van der Waals surface area contributed by atoms with E-state index in [1.165, 1.54) is 0 Å². The van der Waals surface area contributed by atoms with Crippen molar-refractivity contribution in [2.45, 2.75) is 75.5 Å². The van der Waals surface area contributed by atoms with Crippen molar-refractivity contribution in [3.63, 3.8) is 0 Å². The highest BCUT2D eigenvalue weighted by atomic mass is 16.3. The Balaban J connectivity index is 2.00. The summed E-state index contributed by atoms with van der Waals surface area (Å²) >= 11 is 0. The van der Waals surface area contributed by atoms with Crippen LogP contribution in [0.4, 0.5) is 0 Å². The topological polar surface area (TPSA) is 197 Å². The maximum Gasteiger partial charge on any atom is 0.246 e. The maximum atomic E-state index is 13.4. The number of carbonyl (C=O) groups excluding carboxylic acids is 5. The van der Waals surface area contributed by atoms with Crippen molar-refractivity contribution < 1.29 is 39.3 Å². The van der Waals surface area contributed by atoms with Gasteiger partial charge >= 0.3 is 0 Å². The minimum absolute atomic E-state index is 0.0942. The SMILES string of the molecule is CC[C@@H]1NC(=O)[C@@H]2[C@@H](O)[C@@H](O)CN2C(=O)[C@H](CC)NC(=O)C[C@H](c2ccccc2)NC(=O)[C@H](CO)NC1=O. The van der Waals surface area contributed by atoms with Gasteiger partial charge in [0.05, 0.1) is 31.7 Å². The second-order valence-electron chi connectivity index (χ2n) is 9.41. The van der Waals surface area contributed by atoms with Crippen molar-refractivity contribution >= 4 is 29.5 Å². The summed E-state index contributed by atoms with van der Waals surface area (Å²) in [5.74, 6) is -3.66. The third-order valence-corrected chi connectivity index (χ3v) is 6.80. The molecule has 13 heteroatoms. The van der Waals surface area contributed by atoms with E-state index in [0.717, 1.165) is 4.90 Å². The zero-order valence-corrected chi connectivity index (χ0v) is 21.3. The number of hydrogen-bond acceptors (Lipinski definition) is 8. The van der Waals surface area contributed by atoms with Gasteiger partial charge in [0.25, 0.3) is 0 Å². The molecule has 7 atom stereocenters. The zero-order chi connectivity index (χ0) is 28.0. The summed E-state index contributed by atoms with van der Waals surface area (Å²) in [4.78, 5) is 66.4. The number of aliphatic hydroxyl groups is 3. The number of aliphatic hydroxyl groups excluding tert-OH is 3. The van der Waals surface area contributed by atoms with E-state index in [1.54, 1.807) is 44.2 Å². The summed E-state index contributed by atoms with van der Waals surface area (Å²) in [6.07, 6.45) is -3.06. The molecule has 0 unspecified atom stereocenters. The van der Waals surface area contributed by atoms with Gasteiger partial charge in [0.2, 0.25) is 29.5 Å². The summed E-state index contributed by atoms with van der Waals surface area (Å²) < 4.78 is 0. The minimum Gasteiger partial charge on any atom is -0.394 e. The Morgan fingerprint density at radius 1 is 0.816 bits per heavy atom. The largest absolute Gasteiger partial charge is 0.394 e. The van der Waals surface area contributed by atoms with E-state index in [1.807, 2.05) is 0 Å². The lowest BCUT2D eigenvalue weighted by atomic mass is 10.0. The number of fused-ring (bicyclic) bond motifs is 1. The van der Waals surface area contributed by atoms with Crippen LogP contribution in [0.3, 0.4) is 0 Å². The monoisotopic (exact) mass is 533 g/mol. The molecule has 0 aliphatic carbocycles. The molecule has 208 valence electrons. The summed E-state index contributed by atoms with van der Waals surface area (Å²) in [7, 11) is 0. The molecule has 5 amide bonds. The Kier molecular flexibility index (Phi) is 9.78. The van der Waals surface area contributed by atoms with E-state index < -0.39 is 78.6 Å². The highest BCUT2D eigenvalue weighted by molar-refractivity contribution is 5.96. The van der Waals surface area contributed by atoms with Crippen LogP contribution in [0.2, 0.25) is 0 Å². The number of carbonyl (C=O) groups is 5. The van der Waals surface area contributed by atoms with Gasteiger partial charge in [-0.15, -0.1) is 0 Å². The second-order valence-corrected chi connectivity index (χ2v) is 9.41. The van der Waals surface area contributed by atoms with E-state index in [4.69, 9.17) is 0 Å². The third kappa shape index (κ3) is 6.47. The van der Waals surface area contributed by atoms with Crippen molar-refractivity contribution in [3.8, 4) is 0 Å². The van der Waals surface area contributed by atoms with E-state index in [0.29, 0.717) is 5.56 Å². The molecule has 3 rings (SSSR count). The lowest BCUT2D eigenvalue weighted by Crippen LogP contribution is -2.60. The van der Waals surface area contributed by atoms with Gasteiger partial charge < -0.3 is 41.5 Å². The highest BCUT2D eigenvalue weighted by Crippen LogP contribution is 2.22. The molecule has 1 aromatic carbocycles. The van der Waals surface area contributed by atoms with Crippen LogP contribution in [0.5, 0.6) is 0 Å². The highest BCUT2D eigenvalue weighted by Gasteiger charge is 2.48. The zero-order valence-electron chi connectivity index (χ0n) is 21.3. The van der Waals surface area contributed by atoms with Gasteiger partial charge in [-0.1, -0.05) is 44.2 Å². The quantitative estimate of drug-likeness (QED) is 0.219. The molecule has 2 aliphatic heterocycles. The predicted octanol–water partition coefficient (Wildman–Crippen LogP) is -2.55. The molecule has 13 nitrogen and oxygen atoms in total. The first-order chi connectivity index (χ1) is 18.1. The van der Waals surface area contributed by atoms with Crippen molar-refractivity contribution in [3.05, 3.63) is 35.9 Å². The number of nitrogens with one attached hydrogen (secondary N) is 4. The Morgan fingerprint density at radius 2 is 1.42 bits per heavy atom. The number of rotatable bonds is 4. The predicted molar refractivity (Wildman–Crippen MR) is 133 cm³/mol. The molecule has 2 aliphatic rings. The average Bonchev–Trinajstić information content (AvgIpc) is 3.21. The lowest BCUT2D eigenvalue weighted by molar-refractivity contribution is -0.144. The molecule has 7 N–H and O–H groups in total. The summed E-state index contributed by atoms with van der Waals surface area (Å²) in [5, 5.41) is 40.7. The first-order valence-electron chi connectivity index (χ1n) is 12.6. The van der Waals surface area contributed by atoms with E-state index in [9.17, 15) is 39.3 Å². The molecular weight excluding hydrogens is 498 g/mol. The molecular formula is C25H35N5O8. The Hall–Kier alpha value is -3.55. The van der Waals surface area contributed by atoms with Crippen LogP contribution >= 0.6 is 0 Å². The van der Waals surface area contributed by atoms with Crippen LogP contribution in [0.25, 0.3) is 0 Å². The lowest BCUT2D eigenvalue weighted by Gasteiger charge is -2.31. The van der Waals surface area contributed by atoms with Crippen LogP contribution in [0.1, 0.15) is 44.7 Å². The van der Waals surface area contributed by atoms with Crippen LogP contribution in [0, 0.1) is 0 Å². The summed E-state index contributed by atoms with van der Waals surface area (Å²) in [5.41, 5.74) is 0.587. The number of hydrogen-bond donors (Lipinski definition) is 7. The molecule has 0 aromatic heterocycles. The molecule has 38 heavy (non-hydrogen) atoms. The summed E-state index contributed by atoms with van der Waals surface area (Å²) in [6, 6.07) is 2.64. The first-order valence-corrected chi connectivity index (χ1v) is 12.6. The van der Waals surface area contributed by atoms with Crippen LogP contribution in [-0.2, 0) is 24.0 Å². The van der Waals surface area contributed by atoms with Gasteiger partial charge in [-0.25, -0.2) is 0 Å². The van der Waals surface area contributed by atoms with E-state index in [2.05, 4.69) is 21.3 Å². The minimum atomic E-state index is -1.62. The number of nitrogens with zero attached hydrogens (tertiary/aromatic N) is 1. The molecule has 0 bridgehead atoms. The normalized spacial score (nSPS) is 31.7. The molecule has 1 aromatic rings. The van der Waals surface area contributed by atoms with Crippen LogP contribution in [0.15, 0.2) is 30.3 Å². The Morgan fingerprint density at radius 3 is 2.03 bits per heavy atom. The molecule has 0 saturated carbocycles. The van der Waals surface area contributed by atoms with Crippen molar-refractivity contribution in [2.75, 3.05) is 13.2 Å². The third-order valence-electron chi connectivity index (χ3n) is 6.80. The molecule has 0 radical (unpaired) electrons. The fourth-order valence-electron chi connectivity index (χ4n) is 4.61. The van der Waals surface area contributed by atoms with Gasteiger partial charge in [-0.05, 0) is 18.4 Å². The van der Waals surface area contributed by atoms with Gasteiger partial charge in [0, 0.05) is 0 Å².